The number of nitrogens with one attached hydrogen (secondary N) is 2. The lowest BCUT2D eigenvalue weighted by Gasteiger charge is -2.06. The summed E-state index contributed by atoms with van der Waals surface area (Å²) in [6.45, 7) is 0.334. The van der Waals surface area contributed by atoms with Gasteiger partial charge in [0.15, 0.2) is 5.58 Å². The van der Waals surface area contributed by atoms with Crippen molar-refractivity contribution < 1.29 is 13.9 Å². The summed E-state index contributed by atoms with van der Waals surface area (Å²) in [5.74, 6) is -0.0646. The van der Waals surface area contributed by atoms with E-state index in [4.69, 9.17) is 9.15 Å². The Hall–Kier alpha value is -3.02. The molecule has 6 nitrogen and oxygen atoms in total. The van der Waals surface area contributed by atoms with Crippen LogP contribution in [0.1, 0.15) is 15.9 Å². The molecule has 0 aliphatic carbocycles. The third-order valence-corrected chi connectivity index (χ3v) is 3.27. The van der Waals surface area contributed by atoms with Crippen LogP contribution in [0.15, 0.2) is 51.7 Å². The normalized spacial score (nSPS) is 10.6. The fourth-order valence-electron chi connectivity index (χ4n) is 2.15. The van der Waals surface area contributed by atoms with Gasteiger partial charge in [0.1, 0.15) is 5.75 Å². The number of fused-ring (bicyclic) bond motifs is 1. The Morgan fingerprint density at radius 3 is 2.95 bits per heavy atom. The summed E-state index contributed by atoms with van der Waals surface area (Å²) in [5.41, 5.74) is 2.46. The third-order valence-electron chi connectivity index (χ3n) is 3.27. The number of amides is 1. The van der Waals surface area contributed by atoms with Crippen molar-refractivity contribution in [1.82, 2.24) is 10.3 Å². The Morgan fingerprint density at radius 1 is 1.27 bits per heavy atom. The van der Waals surface area contributed by atoms with Crippen molar-refractivity contribution in [2.24, 2.45) is 0 Å². The highest BCUT2D eigenvalue weighted by Gasteiger charge is 2.07. The molecule has 2 N–H and O–H groups in total. The molecule has 112 valence electrons. The molecule has 0 saturated heterocycles. The molecule has 1 amide bonds. The van der Waals surface area contributed by atoms with Gasteiger partial charge in [0.25, 0.3) is 5.91 Å². The molecule has 0 fully saturated rings. The first-order chi connectivity index (χ1) is 10.7. The number of hydrogen-bond acceptors (Lipinski definition) is 4. The summed E-state index contributed by atoms with van der Waals surface area (Å²) < 4.78 is 10.1. The maximum absolute atomic E-state index is 12.1. The quantitative estimate of drug-likeness (QED) is 0.772. The first-order valence-electron chi connectivity index (χ1n) is 6.70. The van der Waals surface area contributed by atoms with E-state index in [1.54, 1.807) is 43.5 Å². The molecule has 1 heterocycles. The van der Waals surface area contributed by atoms with E-state index in [1.807, 2.05) is 6.07 Å². The van der Waals surface area contributed by atoms with E-state index in [9.17, 15) is 9.59 Å². The molecule has 0 aliphatic heterocycles. The number of methoxy groups -OCH3 is 1. The minimum absolute atomic E-state index is 0.200. The average Bonchev–Trinajstić information content (AvgIpc) is 2.91. The molecule has 3 aromatic rings. The number of benzene rings is 2. The lowest BCUT2D eigenvalue weighted by atomic mass is 10.1. The smallest absolute Gasteiger partial charge is 0.417 e. The van der Waals surface area contributed by atoms with Crippen LogP contribution in [0.2, 0.25) is 0 Å². The van der Waals surface area contributed by atoms with Crippen molar-refractivity contribution in [2.75, 3.05) is 7.11 Å². The Kier molecular flexibility index (Phi) is 3.65. The standard InChI is InChI=1S/C16H14N2O4/c1-21-12-4-2-3-11(8-12)15(19)17-9-10-5-6-13-14(7-10)22-16(20)18-13/h2-8H,9H2,1H3,(H,17,19)(H,18,20). The Labute approximate surface area is 125 Å². The summed E-state index contributed by atoms with van der Waals surface area (Å²) >= 11 is 0. The summed E-state index contributed by atoms with van der Waals surface area (Å²) in [5, 5.41) is 2.81. The second-order valence-corrected chi connectivity index (χ2v) is 4.76. The van der Waals surface area contributed by atoms with Crippen LogP contribution in [0, 0.1) is 0 Å². The Balaban J connectivity index is 1.72. The average molecular weight is 298 g/mol. The van der Waals surface area contributed by atoms with Gasteiger partial charge >= 0.3 is 5.76 Å². The molecule has 0 bridgehead atoms. The number of rotatable bonds is 4. The molecule has 6 heteroatoms. The van der Waals surface area contributed by atoms with E-state index < -0.39 is 5.76 Å². The van der Waals surface area contributed by atoms with E-state index in [2.05, 4.69) is 10.3 Å². The number of aromatic amines is 1. The molecule has 1 aromatic heterocycles. The first-order valence-corrected chi connectivity index (χ1v) is 6.70. The van der Waals surface area contributed by atoms with Gasteiger partial charge in [0.2, 0.25) is 0 Å². The Morgan fingerprint density at radius 2 is 2.14 bits per heavy atom. The van der Waals surface area contributed by atoms with Crippen LogP contribution >= 0.6 is 0 Å². The fourth-order valence-corrected chi connectivity index (χ4v) is 2.15. The zero-order chi connectivity index (χ0) is 15.5. The van der Waals surface area contributed by atoms with Crippen molar-refractivity contribution in [3.8, 4) is 5.75 Å². The molecule has 3 rings (SSSR count). The highest BCUT2D eigenvalue weighted by molar-refractivity contribution is 5.94. The van der Waals surface area contributed by atoms with Crippen LogP contribution in [-0.2, 0) is 6.54 Å². The molecule has 0 unspecified atom stereocenters. The predicted octanol–water partition coefficient (Wildman–Crippen LogP) is 2.06. The molecular formula is C16H14N2O4. The minimum Gasteiger partial charge on any atom is -0.497 e. The summed E-state index contributed by atoms with van der Waals surface area (Å²) in [4.78, 5) is 25.8. The van der Waals surface area contributed by atoms with Gasteiger partial charge in [0, 0.05) is 12.1 Å². The van der Waals surface area contributed by atoms with E-state index in [0.29, 0.717) is 29.0 Å². The van der Waals surface area contributed by atoms with E-state index in [0.717, 1.165) is 5.56 Å². The van der Waals surface area contributed by atoms with Crippen LogP contribution in [0.25, 0.3) is 11.1 Å². The molecule has 0 atom stereocenters. The Bertz CT molecular complexity index is 879. The van der Waals surface area contributed by atoms with Crippen molar-refractivity contribution in [3.63, 3.8) is 0 Å². The number of hydrogen-bond donors (Lipinski definition) is 2. The lowest BCUT2D eigenvalue weighted by Crippen LogP contribution is -2.22. The van der Waals surface area contributed by atoms with Crippen molar-refractivity contribution >= 4 is 17.0 Å². The van der Waals surface area contributed by atoms with E-state index in [-0.39, 0.29) is 5.91 Å². The van der Waals surface area contributed by atoms with Crippen molar-refractivity contribution in [2.45, 2.75) is 6.54 Å². The van der Waals surface area contributed by atoms with Gasteiger partial charge < -0.3 is 14.5 Å². The molecule has 22 heavy (non-hydrogen) atoms. The summed E-state index contributed by atoms with van der Waals surface area (Å²) in [7, 11) is 1.55. The number of ether oxygens (including phenoxy) is 1. The van der Waals surface area contributed by atoms with Gasteiger partial charge in [-0.2, -0.15) is 0 Å². The van der Waals surface area contributed by atoms with Gasteiger partial charge in [-0.05, 0) is 35.9 Å². The van der Waals surface area contributed by atoms with Crippen molar-refractivity contribution in [1.29, 1.82) is 0 Å². The number of aromatic nitrogens is 1. The zero-order valence-electron chi connectivity index (χ0n) is 11.9. The van der Waals surface area contributed by atoms with E-state index >= 15 is 0 Å². The van der Waals surface area contributed by atoms with Gasteiger partial charge in [-0.1, -0.05) is 12.1 Å². The number of carbonyl (C=O) groups is 1. The first kappa shape index (κ1) is 13.9. The fraction of sp³-hybridized carbons (Fsp3) is 0.125. The predicted molar refractivity (Wildman–Crippen MR) is 81.0 cm³/mol. The second-order valence-electron chi connectivity index (χ2n) is 4.76. The molecule has 2 aromatic carbocycles. The molecule has 0 spiro atoms. The summed E-state index contributed by atoms with van der Waals surface area (Å²) in [6, 6.07) is 12.2. The molecule has 0 aliphatic rings. The van der Waals surface area contributed by atoms with Crippen LogP contribution in [0.3, 0.4) is 0 Å². The van der Waals surface area contributed by atoms with Crippen LogP contribution < -0.4 is 15.8 Å². The monoisotopic (exact) mass is 298 g/mol. The largest absolute Gasteiger partial charge is 0.497 e. The van der Waals surface area contributed by atoms with Crippen LogP contribution in [-0.4, -0.2) is 18.0 Å². The molecular weight excluding hydrogens is 284 g/mol. The SMILES string of the molecule is COc1cccc(C(=O)NCc2ccc3[nH]c(=O)oc3c2)c1. The zero-order valence-corrected chi connectivity index (χ0v) is 11.9. The molecule has 0 radical (unpaired) electrons. The highest BCUT2D eigenvalue weighted by Crippen LogP contribution is 2.14. The summed E-state index contributed by atoms with van der Waals surface area (Å²) in [6.07, 6.45) is 0. The second kappa shape index (κ2) is 5.77. The topological polar surface area (TPSA) is 84.3 Å². The maximum atomic E-state index is 12.1. The van der Waals surface area contributed by atoms with Crippen LogP contribution in [0.5, 0.6) is 5.75 Å². The number of H-pyrrole nitrogens is 1. The molecule has 0 saturated carbocycles. The van der Waals surface area contributed by atoms with Gasteiger partial charge in [-0.15, -0.1) is 0 Å². The van der Waals surface area contributed by atoms with Gasteiger partial charge in [-0.25, -0.2) is 4.79 Å². The van der Waals surface area contributed by atoms with Crippen LogP contribution in [0.4, 0.5) is 0 Å². The number of carbonyl (C=O) groups excluding carboxylic acids is 1. The third kappa shape index (κ3) is 2.85. The highest BCUT2D eigenvalue weighted by atomic mass is 16.5. The van der Waals surface area contributed by atoms with Gasteiger partial charge in [0.05, 0.1) is 12.6 Å². The minimum atomic E-state index is -0.493. The lowest BCUT2D eigenvalue weighted by molar-refractivity contribution is 0.0950. The maximum Gasteiger partial charge on any atom is 0.417 e. The number of oxazole rings is 1. The van der Waals surface area contributed by atoms with E-state index in [1.165, 1.54) is 0 Å². The van der Waals surface area contributed by atoms with Gasteiger partial charge in [-0.3, -0.25) is 9.78 Å². The van der Waals surface area contributed by atoms with Crippen molar-refractivity contribution in [3.05, 3.63) is 64.1 Å².